The molecule has 1 aliphatic heterocycles. The lowest BCUT2D eigenvalue weighted by atomic mass is 9.92. The normalized spacial score (nSPS) is 15.0. The number of halogens is 1. The van der Waals surface area contributed by atoms with E-state index in [1.165, 1.54) is 5.56 Å². The second kappa shape index (κ2) is 5.61. The summed E-state index contributed by atoms with van der Waals surface area (Å²) in [7, 11) is 0. The number of pyridine rings is 2. The Morgan fingerprint density at radius 1 is 1.16 bits per heavy atom. The smallest absolute Gasteiger partial charge is 0.150 e. The van der Waals surface area contributed by atoms with Gasteiger partial charge in [0.15, 0.2) is 0 Å². The van der Waals surface area contributed by atoms with Gasteiger partial charge in [-0.05, 0) is 30.2 Å². The Labute approximate surface area is 153 Å². The fraction of sp³-hybridized carbons (Fsp3) is 0.222. The van der Waals surface area contributed by atoms with Crippen LogP contribution in [0.5, 0.6) is 0 Å². The number of aryl methyl sites for hydroxylation is 1. The highest BCUT2D eigenvalue weighted by Crippen LogP contribution is 2.41. The van der Waals surface area contributed by atoms with Gasteiger partial charge in [-0.3, -0.25) is 4.98 Å². The number of nitrogens with zero attached hydrogens (tertiary/aromatic N) is 5. The molecular formula is C18H14ClN5S. The molecule has 124 valence electrons. The van der Waals surface area contributed by atoms with Crippen molar-refractivity contribution < 1.29 is 0 Å². The molecule has 0 N–H and O–H groups in total. The summed E-state index contributed by atoms with van der Waals surface area (Å²) in [5, 5.41) is 1.72. The summed E-state index contributed by atoms with van der Waals surface area (Å²) in [5.41, 5.74) is 3.31. The predicted octanol–water partition coefficient (Wildman–Crippen LogP) is 4.20. The summed E-state index contributed by atoms with van der Waals surface area (Å²) < 4.78 is 1.09. The van der Waals surface area contributed by atoms with Gasteiger partial charge in [0.25, 0.3) is 0 Å². The van der Waals surface area contributed by atoms with Crippen LogP contribution < -0.4 is 4.90 Å². The molecule has 0 atom stereocenters. The van der Waals surface area contributed by atoms with E-state index in [1.807, 2.05) is 19.3 Å². The fourth-order valence-corrected chi connectivity index (χ4v) is 4.69. The van der Waals surface area contributed by atoms with Crippen LogP contribution in [-0.4, -0.2) is 33.0 Å². The highest BCUT2D eigenvalue weighted by Gasteiger charge is 2.31. The minimum atomic E-state index is 0.525. The summed E-state index contributed by atoms with van der Waals surface area (Å²) in [4.78, 5) is 20.9. The highest BCUT2D eigenvalue weighted by atomic mass is 35.5. The Morgan fingerprint density at radius 3 is 2.76 bits per heavy atom. The molecular weight excluding hydrogens is 354 g/mol. The molecule has 5 rings (SSSR count). The molecule has 4 aromatic heterocycles. The number of anilines is 1. The van der Waals surface area contributed by atoms with Gasteiger partial charge < -0.3 is 4.90 Å². The molecule has 5 nitrogen and oxygen atoms in total. The fourth-order valence-electron chi connectivity index (χ4n) is 3.37. The third-order valence-corrected chi connectivity index (χ3v) is 6.29. The van der Waals surface area contributed by atoms with Gasteiger partial charge in [-0.15, -0.1) is 11.3 Å². The van der Waals surface area contributed by atoms with Crippen LogP contribution >= 0.6 is 22.9 Å². The lowest BCUT2D eigenvalue weighted by Gasteiger charge is -2.40. The van der Waals surface area contributed by atoms with Gasteiger partial charge in [0.2, 0.25) is 0 Å². The van der Waals surface area contributed by atoms with Gasteiger partial charge in [0.1, 0.15) is 17.0 Å². The zero-order chi connectivity index (χ0) is 17.0. The number of hydrogen-bond donors (Lipinski definition) is 0. The molecule has 5 heterocycles. The monoisotopic (exact) mass is 367 g/mol. The SMILES string of the molecule is Cc1c(Cl)cnc2sc3c(N4CC(c5ccncc5)C4)ncnc3c12. The molecule has 4 aromatic rings. The summed E-state index contributed by atoms with van der Waals surface area (Å²) in [6, 6.07) is 4.18. The topological polar surface area (TPSA) is 54.8 Å². The lowest BCUT2D eigenvalue weighted by Crippen LogP contribution is -2.45. The maximum atomic E-state index is 6.26. The van der Waals surface area contributed by atoms with Crippen molar-refractivity contribution in [3.8, 4) is 0 Å². The Balaban J connectivity index is 1.56. The van der Waals surface area contributed by atoms with E-state index >= 15 is 0 Å². The molecule has 0 unspecified atom stereocenters. The molecule has 0 radical (unpaired) electrons. The van der Waals surface area contributed by atoms with Crippen LogP contribution in [0.3, 0.4) is 0 Å². The average Bonchev–Trinajstić information content (AvgIpc) is 2.98. The second-order valence-corrected chi connectivity index (χ2v) is 7.68. The average molecular weight is 368 g/mol. The predicted molar refractivity (Wildman–Crippen MR) is 102 cm³/mol. The molecule has 0 aliphatic carbocycles. The summed E-state index contributed by atoms with van der Waals surface area (Å²) in [5.74, 6) is 1.52. The van der Waals surface area contributed by atoms with Crippen LogP contribution in [0, 0.1) is 6.92 Å². The summed E-state index contributed by atoms with van der Waals surface area (Å²) >= 11 is 7.90. The number of fused-ring (bicyclic) bond motifs is 3. The van der Waals surface area contributed by atoms with Crippen molar-refractivity contribution in [3.05, 3.63) is 53.2 Å². The van der Waals surface area contributed by atoms with E-state index in [2.05, 4.69) is 37.0 Å². The maximum Gasteiger partial charge on any atom is 0.150 e. The van der Waals surface area contributed by atoms with Crippen LogP contribution in [0.25, 0.3) is 20.4 Å². The molecule has 0 aromatic carbocycles. The number of hydrogen-bond acceptors (Lipinski definition) is 6. The van der Waals surface area contributed by atoms with Crippen LogP contribution in [0.2, 0.25) is 5.02 Å². The Kier molecular flexibility index (Phi) is 3.36. The van der Waals surface area contributed by atoms with Crippen molar-refractivity contribution in [2.45, 2.75) is 12.8 Å². The van der Waals surface area contributed by atoms with Gasteiger partial charge in [-0.1, -0.05) is 11.6 Å². The Hall–Kier alpha value is -2.31. The van der Waals surface area contributed by atoms with Gasteiger partial charge >= 0.3 is 0 Å². The van der Waals surface area contributed by atoms with E-state index in [-0.39, 0.29) is 0 Å². The molecule has 0 spiro atoms. The van der Waals surface area contributed by atoms with Gasteiger partial charge in [0, 0.05) is 43.0 Å². The third kappa shape index (κ3) is 2.28. The second-order valence-electron chi connectivity index (χ2n) is 6.27. The summed E-state index contributed by atoms with van der Waals surface area (Å²) in [6.45, 7) is 3.93. The largest absolute Gasteiger partial charge is 0.354 e. The van der Waals surface area contributed by atoms with Crippen LogP contribution in [0.15, 0.2) is 37.1 Å². The molecule has 1 saturated heterocycles. The Morgan fingerprint density at radius 2 is 1.96 bits per heavy atom. The van der Waals surface area contributed by atoms with E-state index < -0.39 is 0 Å². The van der Waals surface area contributed by atoms with E-state index in [0.717, 1.165) is 44.9 Å². The van der Waals surface area contributed by atoms with Gasteiger partial charge in [-0.25, -0.2) is 15.0 Å². The van der Waals surface area contributed by atoms with Crippen molar-refractivity contribution in [2.24, 2.45) is 0 Å². The standard InChI is InChI=1S/C18H14ClN5S/c1-10-13(19)6-21-18-14(10)15-16(25-18)17(23-9-22-15)24-7-12(8-24)11-2-4-20-5-3-11/h2-6,9,12H,7-8H2,1H3. The first-order chi connectivity index (χ1) is 12.2. The Bertz CT molecular complexity index is 1090. The number of aromatic nitrogens is 4. The first-order valence-electron chi connectivity index (χ1n) is 8.05. The summed E-state index contributed by atoms with van der Waals surface area (Å²) in [6.07, 6.45) is 7.06. The van der Waals surface area contributed by atoms with Gasteiger partial charge in [-0.2, -0.15) is 0 Å². The van der Waals surface area contributed by atoms with Crippen molar-refractivity contribution in [1.29, 1.82) is 0 Å². The van der Waals surface area contributed by atoms with Crippen LogP contribution in [-0.2, 0) is 0 Å². The van der Waals surface area contributed by atoms with Crippen molar-refractivity contribution in [2.75, 3.05) is 18.0 Å². The minimum absolute atomic E-state index is 0.525. The zero-order valence-corrected chi connectivity index (χ0v) is 15.1. The third-order valence-electron chi connectivity index (χ3n) is 4.82. The van der Waals surface area contributed by atoms with E-state index in [9.17, 15) is 0 Å². The first-order valence-corrected chi connectivity index (χ1v) is 9.25. The van der Waals surface area contributed by atoms with Crippen LogP contribution in [0.1, 0.15) is 17.0 Å². The van der Waals surface area contributed by atoms with E-state index in [4.69, 9.17) is 11.6 Å². The van der Waals surface area contributed by atoms with Crippen molar-refractivity contribution >= 4 is 49.2 Å². The van der Waals surface area contributed by atoms with Crippen molar-refractivity contribution in [3.63, 3.8) is 0 Å². The van der Waals surface area contributed by atoms with Crippen molar-refractivity contribution in [1.82, 2.24) is 19.9 Å². The van der Waals surface area contributed by atoms with Crippen LogP contribution in [0.4, 0.5) is 5.82 Å². The van der Waals surface area contributed by atoms with Gasteiger partial charge in [0.05, 0.1) is 15.2 Å². The number of thiophene rings is 1. The molecule has 0 saturated carbocycles. The molecule has 7 heteroatoms. The zero-order valence-electron chi connectivity index (χ0n) is 13.5. The lowest BCUT2D eigenvalue weighted by molar-refractivity contribution is 0.521. The number of rotatable bonds is 2. The minimum Gasteiger partial charge on any atom is -0.354 e. The first kappa shape index (κ1) is 15.0. The molecule has 0 amide bonds. The highest BCUT2D eigenvalue weighted by molar-refractivity contribution is 7.26. The quantitative estimate of drug-likeness (QED) is 0.531. The van der Waals surface area contributed by atoms with E-state index in [1.54, 1.807) is 23.9 Å². The van der Waals surface area contributed by atoms with E-state index in [0.29, 0.717) is 10.9 Å². The maximum absolute atomic E-state index is 6.26. The molecule has 0 bridgehead atoms. The molecule has 1 fully saturated rings. The molecule has 1 aliphatic rings. The molecule has 25 heavy (non-hydrogen) atoms.